The van der Waals surface area contributed by atoms with Gasteiger partial charge in [0, 0.05) is 13.1 Å². The molecule has 0 saturated heterocycles. The summed E-state index contributed by atoms with van der Waals surface area (Å²) in [7, 11) is 3.35. The first-order valence-corrected chi connectivity index (χ1v) is 6.26. The molecule has 0 heterocycles. The van der Waals surface area contributed by atoms with E-state index in [1.165, 1.54) is 7.11 Å². The number of carbonyl (C=O) groups excluding carboxylic acids is 1. The predicted octanol–water partition coefficient (Wildman–Crippen LogP) is 2.68. The summed E-state index contributed by atoms with van der Waals surface area (Å²) in [5, 5.41) is 0. The van der Waals surface area contributed by atoms with Crippen molar-refractivity contribution >= 4 is 17.3 Å². The summed E-state index contributed by atoms with van der Waals surface area (Å²) in [6.07, 6.45) is 2.00. The van der Waals surface area contributed by atoms with Gasteiger partial charge in [-0.25, -0.2) is 4.79 Å². The van der Waals surface area contributed by atoms with Crippen LogP contribution in [0.5, 0.6) is 0 Å². The molecule has 1 aromatic rings. The van der Waals surface area contributed by atoms with Crippen LogP contribution >= 0.6 is 0 Å². The van der Waals surface area contributed by atoms with E-state index in [1.807, 2.05) is 7.05 Å². The number of nitrogens with zero attached hydrogens (tertiary/aromatic N) is 1. The molecule has 0 saturated carbocycles. The van der Waals surface area contributed by atoms with Crippen LogP contribution in [0, 0.1) is 0 Å². The molecule has 1 rings (SSSR count). The molecule has 0 aromatic heterocycles. The lowest BCUT2D eigenvalue weighted by atomic mass is 10.1. The van der Waals surface area contributed by atoms with Gasteiger partial charge in [-0.05, 0) is 25.0 Å². The first kappa shape index (κ1) is 14.4. The summed E-state index contributed by atoms with van der Waals surface area (Å²) in [6.45, 7) is 4.25. The molecule has 4 nitrogen and oxygen atoms in total. The van der Waals surface area contributed by atoms with E-state index in [0.717, 1.165) is 18.5 Å². The third-order valence-electron chi connectivity index (χ3n) is 3.32. The van der Waals surface area contributed by atoms with Crippen LogP contribution in [0.4, 0.5) is 11.4 Å². The molecule has 0 bridgehead atoms. The van der Waals surface area contributed by atoms with Crippen molar-refractivity contribution in [3.05, 3.63) is 23.8 Å². The number of ether oxygens (including phenoxy) is 1. The third-order valence-corrected chi connectivity index (χ3v) is 3.32. The van der Waals surface area contributed by atoms with Gasteiger partial charge >= 0.3 is 5.97 Å². The van der Waals surface area contributed by atoms with Gasteiger partial charge in [-0.1, -0.05) is 19.9 Å². The van der Waals surface area contributed by atoms with E-state index >= 15 is 0 Å². The highest BCUT2D eigenvalue weighted by molar-refractivity contribution is 5.99. The van der Waals surface area contributed by atoms with Gasteiger partial charge in [0.05, 0.1) is 24.0 Å². The van der Waals surface area contributed by atoms with E-state index in [-0.39, 0.29) is 5.97 Å². The van der Waals surface area contributed by atoms with Gasteiger partial charge in [0.15, 0.2) is 0 Å². The van der Waals surface area contributed by atoms with Crippen molar-refractivity contribution < 1.29 is 9.53 Å². The molecule has 1 aromatic carbocycles. The summed E-state index contributed by atoms with van der Waals surface area (Å²) in [5.74, 6) is -0.352. The number of nitrogens with two attached hydrogens (primary N) is 1. The number of carbonyl (C=O) groups is 1. The molecular weight excluding hydrogens is 228 g/mol. The Morgan fingerprint density at radius 3 is 2.50 bits per heavy atom. The molecule has 0 aliphatic carbocycles. The van der Waals surface area contributed by atoms with Gasteiger partial charge in [0.25, 0.3) is 0 Å². The highest BCUT2D eigenvalue weighted by Gasteiger charge is 2.21. The molecular formula is C14H22N2O2. The minimum Gasteiger partial charge on any atom is -0.465 e. The van der Waals surface area contributed by atoms with Crippen molar-refractivity contribution in [1.29, 1.82) is 0 Å². The van der Waals surface area contributed by atoms with Crippen LogP contribution in [-0.2, 0) is 4.74 Å². The van der Waals surface area contributed by atoms with Crippen molar-refractivity contribution in [3.8, 4) is 0 Å². The van der Waals surface area contributed by atoms with Crippen LogP contribution < -0.4 is 10.6 Å². The van der Waals surface area contributed by atoms with Crippen LogP contribution in [0.15, 0.2) is 18.2 Å². The summed E-state index contributed by atoms with van der Waals surface area (Å²) in [4.78, 5) is 13.9. The van der Waals surface area contributed by atoms with E-state index in [1.54, 1.807) is 18.2 Å². The topological polar surface area (TPSA) is 55.6 Å². The molecule has 0 amide bonds. The molecule has 0 aliphatic rings. The van der Waals surface area contributed by atoms with E-state index in [2.05, 4.69) is 18.7 Å². The Balaban J connectivity index is 3.24. The fourth-order valence-corrected chi connectivity index (χ4v) is 2.25. The smallest absolute Gasteiger partial charge is 0.340 e. The zero-order chi connectivity index (χ0) is 13.7. The summed E-state index contributed by atoms with van der Waals surface area (Å²) < 4.78 is 4.81. The lowest BCUT2D eigenvalue weighted by molar-refractivity contribution is 0.0601. The lowest BCUT2D eigenvalue weighted by Crippen LogP contribution is -2.32. The first-order valence-electron chi connectivity index (χ1n) is 6.26. The van der Waals surface area contributed by atoms with Crippen molar-refractivity contribution in [2.45, 2.75) is 32.7 Å². The fraction of sp³-hybridized carbons (Fsp3) is 0.500. The second-order valence-electron chi connectivity index (χ2n) is 4.32. The van der Waals surface area contributed by atoms with Gasteiger partial charge in [0.1, 0.15) is 0 Å². The second kappa shape index (κ2) is 6.28. The summed E-state index contributed by atoms with van der Waals surface area (Å²) in [6, 6.07) is 5.68. The van der Waals surface area contributed by atoms with Gasteiger partial charge < -0.3 is 15.4 Å². The lowest BCUT2D eigenvalue weighted by Gasteiger charge is -2.30. The quantitative estimate of drug-likeness (QED) is 0.645. The molecule has 100 valence electrons. The van der Waals surface area contributed by atoms with Gasteiger partial charge in [-0.2, -0.15) is 0 Å². The van der Waals surface area contributed by atoms with Crippen LogP contribution in [-0.4, -0.2) is 26.2 Å². The predicted molar refractivity (Wildman–Crippen MR) is 75.0 cm³/mol. The van der Waals surface area contributed by atoms with E-state index in [0.29, 0.717) is 17.3 Å². The average molecular weight is 250 g/mol. The minimum absolute atomic E-state index is 0.352. The van der Waals surface area contributed by atoms with E-state index < -0.39 is 0 Å². The molecule has 18 heavy (non-hydrogen) atoms. The number of hydrogen-bond donors (Lipinski definition) is 1. The Bertz CT molecular complexity index is 414. The molecule has 0 unspecified atom stereocenters. The molecule has 0 spiro atoms. The minimum atomic E-state index is -0.352. The number of methoxy groups -OCH3 is 1. The number of anilines is 2. The summed E-state index contributed by atoms with van der Waals surface area (Å²) in [5.41, 5.74) is 7.90. The van der Waals surface area contributed by atoms with Crippen LogP contribution in [0.1, 0.15) is 37.0 Å². The van der Waals surface area contributed by atoms with E-state index in [4.69, 9.17) is 10.5 Å². The number of hydrogen-bond acceptors (Lipinski definition) is 4. The van der Waals surface area contributed by atoms with Crippen molar-refractivity contribution in [1.82, 2.24) is 0 Å². The number of benzene rings is 1. The van der Waals surface area contributed by atoms with Crippen molar-refractivity contribution in [2.24, 2.45) is 0 Å². The fourth-order valence-electron chi connectivity index (χ4n) is 2.25. The number of rotatable bonds is 5. The number of nitrogen functional groups attached to an aromatic ring is 1. The van der Waals surface area contributed by atoms with Crippen LogP contribution in [0.3, 0.4) is 0 Å². The van der Waals surface area contributed by atoms with E-state index in [9.17, 15) is 4.79 Å². The Hall–Kier alpha value is -1.71. The third kappa shape index (κ3) is 2.75. The Kier molecular flexibility index (Phi) is 5.01. The highest BCUT2D eigenvalue weighted by atomic mass is 16.5. The maximum atomic E-state index is 11.8. The molecule has 0 fully saturated rings. The monoisotopic (exact) mass is 250 g/mol. The maximum Gasteiger partial charge on any atom is 0.340 e. The molecule has 0 radical (unpaired) electrons. The van der Waals surface area contributed by atoms with Crippen LogP contribution in [0.25, 0.3) is 0 Å². The molecule has 2 N–H and O–H groups in total. The van der Waals surface area contributed by atoms with Crippen molar-refractivity contribution in [3.63, 3.8) is 0 Å². The second-order valence-corrected chi connectivity index (χ2v) is 4.32. The summed E-state index contributed by atoms with van der Waals surface area (Å²) >= 11 is 0. The molecule has 0 aliphatic heterocycles. The first-order chi connectivity index (χ1) is 8.56. The Labute approximate surface area is 109 Å². The normalized spacial score (nSPS) is 10.5. The van der Waals surface area contributed by atoms with Crippen molar-refractivity contribution in [2.75, 3.05) is 24.8 Å². The molecule has 4 heteroatoms. The highest BCUT2D eigenvalue weighted by Crippen LogP contribution is 2.30. The average Bonchev–Trinajstić information content (AvgIpc) is 2.38. The standard InChI is InChI=1S/C14H22N2O2/c1-5-10(6-2)16(3)13-11(14(17)18-4)8-7-9-12(13)15/h7-10H,5-6,15H2,1-4H3. The van der Waals surface area contributed by atoms with Gasteiger partial charge in [-0.3, -0.25) is 0 Å². The Morgan fingerprint density at radius 2 is 2.00 bits per heavy atom. The largest absolute Gasteiger partial charge is 0.465 e. The Morgan fingerprint density at radius 1 is 1.39 bits per heavy atom. The van der Waals surface area contributed by atoms with Gasteiger partial charge in [0.2, 0.25) is 0 Å². The van der Waals surface area contributed by atoms with Gasteiger partial charge in [-0.15, -0.1) is 0 Å². The molecule has 0 atom stereocenters. The number of esters is 1. The zero-order valence-corrected chi connectivity index (χ0v) is 11.6. The van der Waals surface area contributed by atoms with Crippen LogP contribution in [0.2, 0.25) is 0 Å². The number of para-hydroxylation sites is 1. The zero-order valence-electron chi connectivity index (χ0n) is 11.6. The SMILES string of the molecule is CCC(CC)N(C)c1c(N)cccc1C(=O)OC. The maximum absolute atomic E-state index is 11.8.